The molecule has 0 bridgehead atoms. The zero-order valence-electron chi connectivity index (χ0n) is 14.8. The minimum atomic E-state index is -0.166. The zero-order chi connectivity index (χ0) is 18.4. The monoisotopic (exact) mass is 375 g/mol. The van der Waals surface area contributed by atoms with Crippen LogP contribution in [0, 0.1) is 0 Å². The Hall–Kier alpha value is -1.89. The van der Waals surface area contributed by atoms with Gasteiger partial charge in [0.1, 0.15) is 11.6 Å². The second-order valence-electron chi connectivity index (χ2n) is 6.68. The number of rotatable bonds is 7. The molecule has 1 fully saturated rings. The molecule has 0 aliphatic heterocycles. The van der Waals surface area contributed by atoms with Crippen LogP contribution in [-0.4, -0.2) is 40.3 Å². The summed E-state index contributed by atoms with van der Waals surface area (Å²) in [7, 11) is 0. The fourth-order valence-electron chi connectivity index (χ4n) is 3.14. The molecule has 140 valence electrons. The minimum Gasteiger partial charge on any atom is -0.393 e. The van der Waals surface area contributed by atoms with E-state index in [4.69, 9.17) is 17.3 Å². The van der Waals surface area contributed by atoms with E-state index in [-0.39, 0.29) is 6.10 Å². The number of halogens is 1. The van der Waals surface area contributed by atoms with E-state index in [1.54, 1.807) is 6.20 Å². The Morgan fingerprint density at radius 2 is 2.00 bits per heavy atom. The second kappa shape index (κ2) is 9.16. The number of aliphatic hydroxyl groups excluding tert-OH is 1. The molecule has 0 atom stereocenters. The van der Waals surface area contributed by atoms with Crippen LogP contribution in [-0.2, 0) is 0 Å². The first-order valence-electron chi connectivity index (χ1n) is 9.17. The van der Waals surface area contributed by atoms with Gasteiger partial charge < -0.3 is 21.5 Å². The number of pyridine rings is 2. The summed E-state index contributed by atoms with van der Waals surface area (Å²) >= 11 is 6.37. The van der Waals surface area contributed by atoms with Crippen LogP contribution >= 0.6 is 11.6 Å². The Kier molecular flexibility index (Phi) is 6.66. The largest absolute Gasteiger partial charge is 0.393 e. The van der Waals surface area contributed by atoms with Crippen molar-refractivity contribution < 1.29 is 5.11 Å². The topological polar surface area (TPSA) is 96.1 Å². The van der Waals surface area contributed by atoms with E-state index in [0.717, 1.165) is 61.5 Å². The lowest BCUT2D eigenvalue weighted by molar-refractivity contribution is 0.126. The summed E-state index contributed by atoms with van der Waals surface area (Å²) in [6.07, 6.45) is 5.94. The van der Waals surface area contributed by atoms with Gasteiger partial charge in [0.25, 0.3) is 0 Å². The standard InChI is InChI=1S/C19H26ClN5O/c20-16-12-23-19(24-13-5-7-14(26)8-6-13)11-15(16)17-3-1-4-18(25-17)22-10-2-9-21/h1,3-4,11-14,26H,2,5-10,21H2,(H,22,25)(H,23,24). The first-order chi connectivity index (χ1) is 12.7. The van der Waals surface area contributed by atoms with Crippen LogP contribution in [0.25, 0.3) is 11.3 Å². The molecule has 1 aliphatic rings. The quantitative estimate of drug-likeness (QED) is 0.555. The van der Waals surface area contributed by atoms with Crippen molar-refractivity contribution in [1.29, 1.82) is 0 Å². The van der Waals surface area contributed by atoms with Crippen LogP contribution in [0.5, 0.6) is 0 Å². The van der Waals surface area contributed by atoms with Crippen LogP contribution < -0.4 is 16.4 Å². The van der Waals surface area contributed by atoms with Crippen LogP contribution in [0.1, 0.15) is 32.1 Å². The molecule has 0 amide bonds. The Bertz CT molecular complexity index is 719. The number of anilines is 2. The van der Waals surface area contributed by atoms with E-state index in [9.17, 15) is 5.11 Å². The van der Waals surface area contributed by atoms with Gasteiger partial charge in [0.2, 0.25) is 0 Å². The van der Waals surface area contributed by atoms with Crippen molar-refractivity contribution in [2.24, 2.45) is 5.73 Å². The zero-order valence-corrected chi connectivity index (χ0v) is 15.5. The Balaban J connectivity index is 1.74. The van der Waals surface area contributed by atoms with Crippen molar-refractivity contribution in [3.8, 4) is 11.3 Å². The normalized spacial score (nSPS) is 20.0. The van der Waals surface area contributed by atoms with Crippen molar-refractivity contribution >= 4 is 23.2 Å². The van der Waals surface area contributed by atoms with Crippen LogP contribution in [0.4, 0.5) is 11.6 Å². The molecule has 1 aliphatic carbocycles. The van der Waals surface area contributed by atoms with E-state index < -0.39 is 0 Å². The number of nitrogens with one attached hydrogen (secondary N) is 2. The second-order valence-corrected chi connectivity index (χ2v) is 7.08. The number of aliphatic hydroxyl groups is 1. The average Bonchev–Trinajstić information content (AvgIpc) is 2.66. The molecule has 5 N–H and O–H groups in total. The predicted molar refractivity (Wildman–Crippen MR) is 107 cm³/mol. The molecule has 0 unspecified atom stereocenters. The minimum absolute atomic E-state index is 0.166. The van der Waals surface area contributed by atoms with Gasteiger partial charge in [0, 0.05) is 24.3 Å². The van der Waals surface area contributed by atoms with Crippen molar-refractivity contribution in [3.63, 3.8) is 0 Å². The van der Waals surface area contributed by atoms with Gasteiger partial charge in [-0.1, -0.05) is 17.7 Å². The van der Waals surface area contributed by atoms with Crippen LogP contribution in [0.15, 0.2) is 30.5 Å². The van der Waals surface area contributed by atoms with Crippen LogP contribution in [0.3, 0.4) is 0 Å². The van der Waals surface area contributed by atoms with Gasteiger partial charge in [-0.3, -0.25) is 0 Å². The molecule has 0 spiro atoms. The summed E-state index contributed by atoms with van der Waals surface area (Å²) in [5.74, 6) is 1.59. The third-order valence-corrected chi connectivity index (χ3v) is 4.92. The molecule has 2 aromatic rings. The number of aromatic nitrogens is 2. The van der Waals surface area contributed by atoms with Crippen molar-refractivity contribution in [1.82, 2.24) is 9.97 Å². The maximum Gasteiger partial charge on any atom is 0.126 e. The number of nitrogens with two attached hydrogens (primary N) is 1. The molecule has 0 saturated heterocycles. The lowest BCUT2D eigenvalue weighted by Crippen LogP contribution is -2.28. The molecule has 2 aromatic heterocycles. The molecule has 26 heavy (non-hydrogen) atoms. The summed E-state index contributed by atoms with van der Waals surface area (Å²) in [6, 6.07) is 8.11. The fourth-order valence-corrected chi connectivity index (χ4v) is 3.35. The smallest absolute Gasteiger partial charge is 0.126 e. The highest BCUT2D eigenvalue weighted by Gasteiger charge is 2.20. The third kappa shape index (κ3) is 5.06. The van der Waals surface area contributed by atoms with Gasteiger partial charge in [-0.05, 0) is 56.8 Å². The lowest BCUT2D eigenvalue weighted by atomic mass is 9.93. The molecule has 7 heteroatoms. The molecule has 2 heterocycles. The average molecular weight is 376 g/mol. The summed E-state index contributed by atoms with van der Waals surface area (Å²) in [4.78, 5) is 9.05. The van der Waals surface area contributed by atoms with E-state index in [1.165, 1.54) is 0 Å². The van der Waals surface area contributed by atoms with Gasteiger partial charge in [0.15, 0.2) is 0 Å². The molecule has 6 nitrogen and oxygen atoms in total. The fraction of sp³-hybridized carbons (Fsp3) is 0.474. The van der Waals surface area contributed by atoms with Crippen molar-refractivity contribution in [2.75, 3.05) is 23.7 Å². The molecular formula is C19H26ClN5O. The van der Waals surface area contributed by atoms with Crippen molar-refractivity contribution in [3.05, 3.63) is 35.5 Å². The first-order valence-corrected chi connectivity index (χ1v) is 9.55. The molecule has 1 saturated carbocycles. The Morgan fingerprint density at radius 3 is 2.77 bits per heavy atom. The Morgan fingerprint density at radius 1 is 1.19 bits per heavy atom. The van der Waals surface area contributed by atoms with Crippen LogP contribution in [0.2, 0.25) is 5.02 Å². The molecule has 0 radical (unpaired) electrons. The predicted octanol–water partition coefficient (Wildman–Crippen LogP) is 3.27. The lowest BCUT2D eigenvalue weighted by Gasteiger charge is -2.26. The summed E-state index contributed by atoms with van der Waals surface area (Å²) in [6.45, 7) is 1.44. The summed E-state index contributed by atoms with van der Waals surface area (Å²) in [5.41, 5.74) is 7.18. The summed E-state index contributed by atoms with van der Waals surface area (Å²) < 4.78 is 0. The molecule has 0 aromatic carbocycles. The first kappa shape index (κ1) is 18.9. The van der Waals surface area contributed by atoms with Gasteiger partial charge in [-0.25, -0.2) is 9.97 Å². The Labute approximate surface area is 159 Å². The highest BCUT2D eigenvalue weighted by molar-refractivity contribution is 6.33. The van der Waals surface area contributed by atoms with E-state index in [0.29, 0.717) is 17.6 Å². The maximum absolute atomic E-state index is 9.64. The van der Waals surface area contributed by atoms with Gasteiger partial charge >= 0.3 is 0 Å². The number of hydrogen-bond acceptors (Lipinski definition) is 6. The van der Waals surface area contributed by atoms with E-state index in [1.807, 2.05) is 24.3 Å². The third-order valence-electron chi connectivity index (χ3n) is 4.62. The molecule has 3 rings (SSSR count). The van der Waals surface area contributed by atoms with E-state index in [2.05, 4.69) is 20.6 Å². The summed E-state index contributed by atoms with van der Waals surface area (Å²) in [5, 5.41) is 16.9. The highest BCUT2D eigenvalue weighted by Crippen LogP contribution is 2.30. The van der Waals surface area contributed by atoms with Gasteiger partial charge in [-0.2, -0.15) is 0 Å². The van der Waals surface area contributed by atoms with E-state index >= 15 is 0 Å². The highest BCUT2D eigenvalue weighted by atomic mass is 35.5. The SMILES string of the molecule is NCCCNc1cccc(-c2cc(NC3CCC(O)CC3)ncc2Cl)n1. The van der Waals surface area contributed by atoms with Gasteiger partial charge in [0.05, 0.1) is 16.8 Å². The van der Waals surface area contributed by atoms with Gasteiger partial charge in [-0.15, -0.1) is 0 Å². The number of nitrogens with zero attached hydrogens (tertiary/aromatic N) is 2. The number of hydrogen-bond donors (Lipinski definition) is 4. The molecular weight excluding hydrogens is 350 g/mol. The maximum atomic E-state index is 9.64. The van der Waals surface area contributed by atoms with Crippen molar-refractivity contribution in [2.45, 2.75) is 44.2 Å².